The predicted molar refractivity (Wildman–Crippen MR) is 84.4 cm³/mol. The van der Waals surface area contributed by atoms with Gasteiger partial charge in [0, 0.05) is 19.1 Å². The second-order valence-electron chi connectivity index (χ2n) is 6.56. The second kappa shape index (κ2) is 8.71. The summed E-state index contributed by atoms with van der Waals surface area (Å²) in [4.78, 5) is 14.4. The first-order valence-electron chi connectivity index (χ1n) is 8.07. The average molecular weight is 300 g/mol. The summed E-state index contributed by atoms with van der Waals surface area (Å²) in [7, 11) is 1.46. The molecule has 0 saturated carbocycles. The fourth-order valence-electron chi connectivity index (χ4n) is 3.00. The number of carbonyl (C=O) groups excluding carboxylic acids is 1. The first-order chi connectivity index (χ1) is 9.87. The Hall–Kier alpha value is -0.650. The highest BCUT2D eigenvalue weighted by atomic mass is 16.5. The predicted octanol–water partition coefficient (Wildman–Crippen LogP) is 1.81. The number of hydrogen-bond donors (Lipinski definition) is 1. The molecule has 0 bridgehead atoms. The van der Waals surface area contributed by atoms with Gasteiger partial charge >= 0.3 is 5.97 Å². The van der Waals surface area contributed by atoms with Crippen molar-refractivity contribution in [2.24, 2.45) is 0 Å². The number of ether oxygens (including phenoxy) is 2. The third-order valence-electron chi connectivity index (χ3n) is 3.97. The van der Waals surface area contributed by atoms with E-state index < -0.39 is 5.54 Å². The fourth-order valence-corrected chi connectivity index (χ4v) is 3.00. The summed E-state index contributed by atoms with van der Waals surface area (Å²) in [6, 6.07) is 0.259. The van der Waals surface area contributed by atoms with Crippen molar-refractivity contribution in [1.82, 2.24) is 10.2 Å². The third-order valence-corrected chi connectivity index (χ3v) is 3.97. The van der Waals surface area contributed by atoms with Gasteiger partial charge in [-0.3, -0.25) is 15.0 Å². The minimum atomic E-state index is -0.582. The normalized spacial score (nSPS) is 23.0. The molecule has 5 nitrogen and oxygen atoms in total. The molecule has 1 fully saturated rings. The molecular weight excluding hydrogens is 268 g/mol. The Morgan fingerprint density at radius 1 is 1.48 bits per heavy atom. The number of carbonyl (C=O) groups is 1. The Morgan fingerprint density at radius 2 is 2.19 bits per heavy atom. The molecule has 1 rings (SSSR count). The zero-order valence-corrected chi connectivity index (χ0v) is 14.3. The highest BCUT2D eigenvalue weighted by molar-refractivity contribution is 5.80. The molecule has 124 valence electrons. The Bertz CT molecular complexity index is 323. The third kappa shape index (κ3) is 6.32. The van der Waals surface area contributed by atoms with E-state index >= 15 is 0 Å². The molecule has 1 aliphatic heterocycles. The Kier molecular flexibility index (Phi) is 7.63. The van der Waals surface area contributed by atoms with E-state index in [9.17, 15) is 4.79 Å². The van der Waals surface area contributed by atoms with Crippen LogP contribution in [0.25, 0.3) is 0 Å². The van der Waals surface area contributed by atoms with Crippen LogP contribution in [0.4, 0.5) is 0 Å². The summed E-state index contributed by atoms with van der Waals surface area (Å²) in [5, 5.41) is 3.34. The lowest BCUT2D eigenvalue weighted by Gasteiger charge is -2.32. The molecule has 0 spiro atoms. The van der Waals surface area contributed by atoms with E-state index in [1.54, 1.807) is 0 Å². The average Bonchev–Trinajstić information content (AvgIpc) is 2.42. The molecule has 0 aliphatic carbocycles. The molecule has 0 radical (unpaired) electrons. The maximum atomic E-state index is 12.0. The van der Waals surface area contributed by atoms with Gasteiger partial charge in [-0.1, -0.05) is 0 Å². The molecule has 0 aromatic heterocycles. The highest BCUT2D eigenvalue weighted by Gasteiger charge is 2.34. The number of hydrogen-bond acceptors (Lipinski definition) is 5. The topological polar surface area (TPSA) is 50.8 Å². The van der Waals surface area contributed by atoms with Crippen LogP contribution in [0.1, 0.15) is 47.0 Å². The van der Waals surface area contributed by atoms with Crippen LogP contribution in [-0.2, 0) is 14.3 Å². The van der Waals surface area contributed by atoms with Gasteiger partial charge in [0.25, 0.3) is 0 Å². The number of rotatable bonds is 8. The molecule has 0 amide bonds. The van der Waals surface area contributed by atoms with Crippen LogP contribution in [0, 0.1) is 0 Å². The van der Waals surface area contributed by atoms with E-state index in [1.807, 2.05) is 6.92 Å². The highest BCUT2D eigenvalue weighted by Crippen LogP contribution is 2.17. The van der Waals surface area contributed by atoms with E-state index in [1.165, 1.54) is 7.11 Å². The number of nitrogens with one attached hydrogen (secondary N) is 1. The lowest BCUT2D eigenvalue weighted by molar-refractivity contribution is -0.148. The standard InChI is InChI=1S/C16H32N2O3/c1-13(2)17-16(4,15(19)20-5)8-6-7-9-18-10-11-21-14(3)12-18/h13-14,17H,6-12H2,1-5H3. The van der Waals surface area contributed by atoms with E-state index in [4.69, 9.17) is 9.47 Å². The number of morpholine rings is 1. The number of methoxy groups -OCH3 is 1. The maximum Gasteiger partial charge on any atom is 0.325 e. The molecule has 1 aliphatic rings. The van der Waals surface area contributed by atoms with E-state index in [2.05, 4.69) is 31.0 Å². The van der Waals surface area contributed by atoms with Crippen LogP contribution in [0.3, 0.4) is 0 Å². The van der Waals surface area contributed by atoms with Crippen LogP contribution in [0.5, 0.6) is 0 Å². The minimum absolute atomic E-state index is 0.170. The van der Waals surface area contributed by atoms with Crippen molar-refractivity contribution in [1.29, 1.82) is 0 Å². The molecule has 21 heavy (non-hydrogen) atoms. The lowest BCUT2D eigenvalue weighted by Crippen LogP contribution is -2.53. The zero-order chi connectivity index (χ0) is 15.9. The van der Waals surface area contributed by atoms with Crippen molar-refractivity contribution in [2.45, 2.75) is 64.6 Å². The first-order valence-corrected chi connectivity index (χ1v) is 8.07. The largest absolute Gasteiger partial charge is 0.468 e. The monoisotopic (exact) mass is 300 g/mol. The number of nitrogens with zero attached hydrogens (tertiary/aromatic N) is 1. The molecule has 0 aromatic rings. The van der Waals surface area contributed by atoms with Gasteiger partial charge in [-0.05, 0) is 53.5 Å². The maximum absolute atomic E-state index is 12.0. The van der Waals surface area contributed by atoms with Crippen molar-refractivity contribution < 1.29 is 14.3 Å². The van der Waals surface area contributed by atoms with Gasteiger partial charge in [-0.2, -0.15) is 0 Å². The van der Waals surface area contributed by atoms with E-state index in [0.717, 1.165) is 45.5 Å². The van der Waals surface area contributed by atoms with Gasteiger partial charge in [0.05, 0.1) is 19.8 Å². The van der Waals surface area contributed by atoms with Crippen LogP contribution in [0.15, 0.2) is 0 Å². The van der Waals surface area contributed by atoms with Gasteiger partial charge in [-0.25, -0.2) is 0 Å². The Balaban J connectivity index is 2.34. The molecule has 0 aromatic carbocycles. The van der Waals surface area contributed by atoms with Crippen molar-refractivity contribution >= 4 is 5.97 Å². The van der Waals surface area contributed by atoms with Gasteiger partial charge in [0.2, 0.25) is 0 Å². The summed E-state index contributed by atoms with van der Waals surface area (Å²) < 4.78 is 10.5. The summed E-state index contributed by atoms with van der Waals surface area (Å²) in [6.07, 6.45) is 3.25. The summed E-state index contributed by atoms with van der Waals surface area (Å²) in [5.41, 5.74) is -0.582. The van der Waals surface area contributed by atoms with Crippen LogP contribution in [0.2, 0.25) is 0 Å². The summed E-state index contributed by atoms with van der Waals surface area (Å²) >= 11 is 0. The smallest absolute Gasteiger partial charge is 0.325 e. The number of esters is 1. The van der Waals surface area contributed by atoms with Crippen molar-refractivity contribution in [3.8, 4) is 0 Å². The minimum Gasteiger partial charge on any atom is -0.468 e. The van der Waals surface area contributed by atoms with E-state index in [-0.39, 0.29) is 12.0 Å². The van der Waals surface area contributed by atoms with E-state index in [0.29, 0.717) is 6.10 Å². The molecule has 1 saturated heterocycles. The summed E-state index contributed by atoms with van der Waals surface area (Å²) in [6.45, 7) is 12.1. The quantitative estimate of drug-likeness (QED) is 0.547. The Labute approximate surface area is 129 Å². The van der Waals surface area contributed by atoms with Crippen LogP contribution in [-0.4, -0.2) is 61.9 Å². The fraction of sp³-hybridized carbons (Fsp3) is 0.938. The van der Waals surface area contributed by atoms with Gasteiger partial charge in [0.15, 0.2) is 0 Å². The SMILES string of the molecule is COC(=O)C(C)(CCCCN1CCOC(C)C1)NC(C)C. The first kappa shape index (κ1) is 18.4. The number of unbranched alkanes of at least 4 members (excludes halogenated alkanes) is 1. The second-order valence-corrected chi connectivity index (χ2v) is 6.56. The zero-order valence-electron chi connectivity index (χ0n) is 14.3. The van der Waals surface area contributed by atoms with Crippen molar-refractivity contribution in [3.63, 3.8) is 0 Å². The molecule has 1 N–H and O–H groups in total. The molecule has 5 heteroatoms. The van der Waals surface area contributed by atoms with Gasteiger partial charge < -0.3 is 9.47 Å². The lowest BCUT2D eigenvalue weighted by atomic mass is 9.93. The molecule has 1 heterocycles. The Morgan fingerprint density at radius 3 is 2.76 bits per heavy atom. The van der Waals surface area contributed by atoms with Crippen LogP contribution >= 0.6 is 0 Å². The van der Waals surface area contributed by atoms with Gasteiger partial charge in [-0.15, -0.1) is 0 Å². The van der Waals surface area contributed by atoms with Gasteiger partial charge in [0.1, 0.15) is 5.54 Å². The molecule has 2 atom stereocenters. The van der Waals surface area contributed by atoms with Crippen LogP contribution < -0.4 is 5.32 Å². The molecule has 2 unspecified atom stereocenters. The summed E-state index contributed by atoms with van der Waals surface area (Å²) in [5.74, 6) is -0.170. The van der Waals surface area contributed by atoms with Crippen molar-refractivity contribution in [2.75, 3.05) is 33.4 Å². The molecular formula is C16H32N2O3. The van der Waals surface area contributed by atoms with Crippen molar-refractivity contribution in [3.05, 3.63) is 0 Å².